The van der Waals surface area contributed by atoms with Gasteiger partial charge in [-0.25, -0.2) is 9.18 Å². The molecule has 0 unspecified atom stereocenters. The van der Waals surface area contributed by atoms with Crippen LogP contribution < -0.4 is 5.32 Å². The Morgan fingerprint density at radius 2 is 2.18 bits per heavy atom. The van der Waals surface area contributed by atoms with Crippen LogP contribution in [-0.4, -0.2) is 22.0 Å². The molecular formula is C17H18FN3O. The van der Waals surface area contributed by atoms with Crippen LogP contribution in [0.4, 0.5) is 14.9 Å². The first-order valence-corrected chi connectivity index (χ1v) is 7.37. The standard InChI is InChI=1S/C17H18FN3O/c1-12-5-6-13(18)10-16(12)20-17(22)21(15-7-8-15)11-14-4-2-3-9-19-14/h2-6,9-10,15H,7-8,11H2,1H3,(H,20,22). The Hall–Kier alpha value is -2.43. The summed E-state index contributed by atoms with van der Waals surface area (Å²) >= 11 is 0. The molecule has 1 N–H and O–H groups in total. The second kappa shape index (κ2) is 6.13. The predicted molar refractivity (Wildman–Crippen MR) is 83.0 cm³/mol. The summed E-state index contributed by atoms with van der Waals surface area (Å²) in [6.07, 6.45) is 3.72. The Bertz CT molecular complexity index is 671. The number of nitrogens with one attached hydrogen (secondary N) is 1. The van der Waals surface area contributed by atoms with E-state index >= 15 is 0 Å². The number of amides is 2. The Morgan fingerprint density at radius 1 is 1.36 bits per heavy atom. The largest absolute Gasteiger partial charge is 0.322 e. The maximum atomic E-state index is 13.3. The minimum Gasteiger partial charge on any atom is -0.316 e. The van der Waals surface area contributed by atoms with E-state index < -0.39 is 0 Å². The van der Waals surface area contributed by atoms with Crippen LogP contribution >= 0.6 is 0 Å². The van der Waals surface area contributed by atoms with E-state index in [4.69, 9.17) is 0 Å². The van der Waals surface area contributed by atoms with E-state index in [1.165, 1.54) is 12.1 Å². The lowest BCUT2D eigenvalue weighted by Gasteiger charge is -2.23. The molecule has 0 aliphatic heterocycles. The van der Waals surface area contributed by atoms with Crippen LogP contribution in [0.15, 0.2) is 42.6 Å². The summed E-state index contributed by atoms with van der Waals surface area (Å²) in [4.78, 5) is 18.6. The van der Waals surface area contributed by atoms with Crippen LogP contribution in [0.5, 0.6) is 0 Å². The third-order valence-corrected chi connectivity index (χ3v) is 3.75. The van der Waals surface area contributed by atoms with Gasteiger partial charge in [-0.15, -0.1) is 0 Å². The number of carbonyl (C=O) groups excluding carboxylic acids is 1. The van der Waals surface area contributed by atoms with Gasteiger partial charge in [-0.1, -0.05) is 12.1 Å². The third-order valence-electron chi connectivity index (χ3n) is 3.75. The molecule has 1 saturated carbocycles. The fourth-order valence-electron chi connectivity index (χ4n) is 2.34. The number of nitrogens with zero attached hydrogens (tertiary/aromatic N) is 2. The van der Waals surface area contributed by atoms with Gasteiger partial charge in [-0.2, -0.15) is 0 Å². The number of aromatic nitrogens is 1. The number of rotatable bonds is 4. The Balaban J connectivity index is 1.74. The van der Waals surface area contributed by atoms with Gasteiger partial charge in [0.1, 0.15) is 5.82 Å². The Labute approximate surface area is 129 Å². The van der Waals surface area contributed by atoms with Crippen LogP contribution in [0.3, 0.4) is 0 Å². The summed E-state index contributed by atoms with van der Waals surface area (Å²) in [5.41, 5.74) is 2.19. The van der Waals surface area contributed by atoms with Crippen LogP contribution in [0.1, 0.15) is 24.1 Å². The van der Waals surface area contributed by atoms with Gasteiger partial charge in [0.25, 0.3) is 0 Å². The highest BCUT2D eigenvalue weighted by atomic mass is 19.1. The number of urea groups is 1. The summed E-state index contributed by atoms with van der Waals surface area (Å²) in [6.45, 7) is 2.31. The second-order valence-electron chi connectivity index (χ2n) is 5.57. The van der Waals surface area contributed by atoms with E-state index in [-0.39, 0.29) is 17.9 Å². The predicted octanol–water partition coefficient (Wildman–Crippen LogP) is 3.73. The molecule has 4 nitrogen and oxygen atoms in total. The zero-order chi connectivity index (χ0) is 15.5. The van der Waals surface area contributed by atoms with Crippen LogP contribution in [0.25, 0.3) is 0 Å². The van der Waals surface area contributed by atoms with Gasteiger partial charge < -0.3 is 10.2 Å². The molecule has 5 heteroatoms. The van der Waals surface area contributed by atoms with Gasteiger partial charge in [-0.3, -0.25) is 4.98 Å². The lowest BCUT2D eigenvalue weighted by molar-refractivity contribution is 0.205. The first-order chi connectivity index (χ1) is 10.6. The fourth-order valence-corrected chi connectivity index (χ4v) is 2.34. The molecule has 1 aromatic carbocycles. The van der Waals surface area contributed by atoms with Crippen LogP contribution in [-0.2, 0) is 6.54 Å². The Kier molecular flexibility index (Phi) is 4.04. The van der Waals surface area contributed by atoms with Crippen LogP contribution in [0, 0.1) is 12.7 Å². The summed E-state index contributed by atoms with van der Waals surface area (Å²) in [5.74, 6) is -0.358. The molecule has 3 rings (SSSR count). The average molecular weight is 299 g/mol. The third kappa shape index (κ3) is 3.42. The number of pyridine rings is 1. The molecular weight excluding hydrogens is 281 g/mol. The molecule has 0 radical (unpaired) electrons. The van der Waals surface area contributed by atoms with Gasteiger partial charge in [0.2, 0.25) is 0 Å². The monoisotopic (exact) mass is 299 g/mol. The van der Waals surface area contributed by atoms with Gasteiger partial charge in [-0.05, 0) is 49.6 Å². The lowest BCUT2D eigenvalue weighted by Crippen LogP contribution is -2.36. The van der Waals surface area contributed by atoms with Gasteiger partial charge in [0.15, 0.2) is 0 Å². The van der Waals surface area contributed by atoms with Gasteiger partial charge >= 0.3 is 6.03 Å². The zero-order valence-electron chi connectivity index (χ0n) is 12.4. The highest BCUT2D eigenvalue weighted by Gasteiger charge is 2.33. The summed E-state index contributed by atoms with van der Waals surface area (Å²) < 4.78 is 13.3. The van der Waals surface area contributed by atoms with Crippen molar-refractivity contribution in [1.82, 2.24) is 9.88 Å². The maximum Gasteiger partial charge on any atom is 0.322 e. The number of carbonyl (C=O) groups is 1. The number of hydrogen-bond donors (Lipinski definition) is 1. The molecule has 1 heterocycles. The number of anilines is 1. The van der Waals surface area contributed by atoms with E-state index in [0.29, 0.717) is 12.2 Å². The summed E-state index contributed by atoms with van der Waals surface area (Å²) in [7, 11) is 0. The van der Waals surface area contributed by atoms with Crippen molar-refractivity contribution in [3.8, 4) is 0 Å². The molecule has 2 aromatic rings. The topological polar surface area (TPSA) is 45.2 Å². The van der Waals surface area contributed by atoms with E-state index in [2.05, 4.69) is 10.3 Å². The molecule has 114 valence electrons. The number of aryl methyl sites for hydroxylation is 1. The number of halogens is 1. The zero-order valence-corrected chi connectivity index (χ0v) is 12.4. The lowest BCUT2D eigenvalue weighted by atomic mass is 10.2. The van der Waals surface area contributed by atoms with Crippen molar-refractivity contribution >= 4 is 11.7 Å². The molecule has 1 aromatic heterocycles. The highest BCUT2D eigenvalue weighted by Crippen LogP contribution is 2.29. The molecule has 1 aliphatic carbocycles. The average Bonchev–Trinajstić information content (AvgIpc) is 3.34. The van der Waals surface area contributed by atoms with E-state index in [1.54, 1.807) is 17.2 Å². The molecule has 0 saturated heterocycles. The molecule has 0 bridgehead atoms. The maximum absolute atomic E-state index is 13.3. The van der Waals surface area contributed by atoms with E-state index in [1.807, 2.05) is 25.1 Å². The minimum absolute atomic E-state index is 0.207. The van der Waals surface area contributed by atoms with Crippen molar-refractivity contribution in [1.29, 1.82) is 0 Å². The molecule has 1 aliphatic rings. The van der Waals surface area contributed by atoms with E-state index in [0.717, 1.165) is 24.1 Å². The summed E-state index contributed by atoms with van der Waals surface area (Å²) in [6, 6.07) is 10.1. The second-order valence-corrected chi connectivity index (χ2v) is 5.57. The quantitative estimate of drug-likeness (QED) is 0.935. The first-order valence-electron chi connectivity index (χ1n) is 7.37. The smallest absolute Gasteiger partial charge is 0.316 e. The first kappa shape index (κ1) is 14.5. The Morgan fingerprint density at radius 3 is 2.86 bits per heavy atom. The molecule has 1 fully saturated rings. The SMILES string of the molecule is Cc1ccc(F)cc1NC(=O)N(Cc1ccccn1)C1CC1. The normalized spacial score (nSPS) is 13.7. The van der Waals surface area contributed by atoms with Crippen molar-refractivity contribution in [3.63, 3.8) is 0 Å². The van der Waals surface area contributed by atoms with Gasteiger partial charge in [0.05, 0.1) is 12.2 Å². The van der Waals surface area contributed by atoms with E-state index in [9.17, 15) is 9.18 Å². The highest BCUT2D eigenvalue weighted by molar-refractivity contribution is 5.90. The van der Waals surface area contributed by atoms with Gasteiger partial charge in [0, 0.05) is 17.9 Å². The molecule has 0 spiro atoms. The molecule has 0 atom stereocenters. The molecule has 22 heavy (non-hydrogen) atoms. The van der Waals surface area contributed by atoms with Crippen molar-refractivity contribution in [3.05, 3.63) is 59.7 Å². The molecule has 2 amide bonds. The number of hydrogen-bond acceptors (Lipinski definition) is 2. The summed E-state index contributed by atoms with van der Waals surface area (Å²) in [5, 5.41) is 2.81. The number of benzene rings is 1. The fraction of sp³-hybridized carbons (Fsp3) is 0.294. The van der Waals surface area contributed by atoms with Crippen molar-refractivity contribution in [2.45, 2.75) is 32.4 Å². The van der Waals surface area contributed by atoms with Crippen molar-refractivity contribution < 1.29 is 9.18 Å². The van der Waals surface area contributed by atoms with Crippen molar-refractivity contribution in [2.75, 3.05) is 5.32 Å². The van der Waals surface area contributed by atoms with Crippen LogP contribution in [0.2, 0.25) is 0 Å². The van der Waals surface area contributed by atoms with Crippen molar-refractivity contribution in [2.24, 2.45) is 0 Å². The minimum atomic E-state index is -0.358.